The van der Waals surface area contributed by atoms with Crippen molar-refractivity contribution in [2.45, 2.75) is 53.5 Å². The number of nitrogens with zero attached hydrogens (tertiary/aromatic N) is 1. The molecule has 1 atom stereocenters. The van der Waals surface area contributed by atoms with E-state index in [4.69, 9.17) is 5.11 Å². The smallest absolute Gasteiger partial charge is 0.326 e. The Bertz CT molecular complexity index is 204. The van der Waals surface area contributed by atoms with Crippen LogP contribution in [-0.4, -0.2) is 34.5 Å². The van der Waals surface area contributed by atoms with Crippen molar-refractivity contribution in [1.29, 1.82) is 0 Å². The summed E-state index contributed by atoms with van der Waals surface area (Å²) in [5, 5.41) is 8.76. The molecular weight excluding hydrogens is 194 g/mol. The highest BCUT2D eigenvalue weighted by Crippen LogP contribution is 2.15. The lowest BCUT2D eigenvalue weighted by molar-refractivity contribution is -0.148. The topological polar surface area (TPSA) is 57.6 Å². The van der Waals surface area contributed by atoms with Gasteiger partial charge < -0.3 is 10.0 Å². The summed E-state index contributed by atoms with van der Waals surface area (Å²) in [7, 11) is 0. The molecule has 0 bridgehead atoms. The molecule has 1 aliphatic rings. The number of hydrogen-bond donors (Lipinski definition) is 1. The van der Waals surface area contributed by atoms with E-state index in [1.807, 2.05) is 13.8 Å². The van der Waals surface area contributed by atoms with Crippen LogP contribution in [0.4, 0.5) is 0 Å². The summed E-state index contributed by atoms with van der Waals surface area (Å²) in [6, 6.07) is -0.611. The first-order valence-corrected chi connectivity index (χ1v) is 5.19. The number of likely N-dealkylation sites (tertiary alicyclic amines) is 1. The minimum atomic E-state index is -0.896. The number of aliphatic carboxylic acids is 1. The minimum Gasteiger partial charge on any atom is -0.480 e. The maximum absolute atomic E-state index is 11.1. The number of carboxylic acid groups (broad SMARTS) is 1. The Morgan fingerprint density at radius 2 is 2.07 bits per heavy atom. The minimum absolute atomic E-state index is 0. The Morgan fingerprint density at radius 1 is 1.53 bits per heavy atom. The van der Waals surface area contributed by atoms with E-state index < -0.39 is 12.0 Å². The number of carboxylic acids is 1. The van der Waals surface area contributed by atoms with Gasteiger partial charge in [0.15, 0.2) is 0 Å². The molecule has 0 saturated carbocycles. The largest absolute Gasteiger partial charge is 0.480 e. The number of carbonyl (C=O) groups excluding carboxylic acids is 1. The summed E-state index contributed by atoms with van der Waals surface area (Å²) in [6.45, 7) is 6.38. The van der Waals surface area contributed by atoms with Gasteiger partial charge >= 0.3 is 5.97 Å². The molecule has 1 fully saturated rings. The zero-order valence-corrected chi connectivity index (χ0v) is 9.12. The summed E-state index contributed by atoms with van der Waals surface area (Å²) in [5.41, 5.74) is 0. The molecule has 1 amide bonds. The summed E-state index contributed by atoms with van der Waals surface area (Å²) in [4.78, 5) is 23.3. The van der Waals surface area contributed by atoms with Crippen LogP contribution in [-0.2, 0) is 9.59 Å². The van der Waals surface area contributed by atoms with Gasteiger partial charge in [0.25, 0.3) is 0 Å². The van der Waals surface area contributed by atoms with Crippen molar-refractivity contribution in [2.75, 3.05) is 6.54 Å². The van der Waals surface area contributed by atoms with E-state index in [2.05, 4.69) is 0 Å². The van der Waals surface area contributed by atoms with Crippen molar-refractivity contribution in [3.05, 3.63) is 0 Å². The molecule has 0 unspecified atom stereocenters. The first-order valence-electron chi connectivity index (χ1n) is 5.19. The highest BCUT2D eigenvalue weighted by atomic mass is 16.4. The van der Waals surface area contributed by atoms with Crippen LogP contribution in [0.3, 0.4) is 0 Å². The molecule has 0 radical (unpaired) electrons. The predicted molar refractivity (Wildman–Crippen MR) is 60.7 cm³/mol. The molecule has 0 aromatic heterocycles. The summed E-state index contributed by atoms with van der Waals surface area (Å²) in [6.07, 6.45) is 1.79. The van der Waals surface area contributed by atoms with Gasteiger partial charge in [0.2, 0.25) is 5.91 Å². The highest BCUT2D eigenvalue weighted by Gasteiger charge is 2.30. The molecule has 1 rings (SSSR count). The van der Waals surface area contributed by atoms with E-state index in [-0.39, 0.29) is 13.3 Å². The molecule has 0 aromatic carbocycles. The molecule has 4 heteroatoms. The van der Waals surface area contributed by atoms with Gasteiger partial charge in [-0.05, 0) is 12.8 Å². The van der Waals surface area contributed by atoms with Crippen LogP contribution in [0, 0.1) is 0 Å². The Hall–Kier alpha value is -1.06. The fourth-order valence-corrected chi connectivity index (χ4v) is 1.53. The molecular formula is C11H23NO3. The second-order valence-electron chi connectivity index (χ2n) is 2.95. The van der Waals surface area contributed by atoms with Crippen molar-refractivity contribution >= 4 is 11.9 Å². The van der Waals surface area contributed by atoms with Crippen molar-refractivity contribution in [3.8, 4) is 0 Å². The van der Waals surface area contributed by atoms with Gasteiger partial charge in [-0.25, -0.2) is 4.79 Å². The molecule has 0 aromatic rings. The van der Waals surface area contributed by atoms with Gasteiger partial charge in [0.05, 0.1) is 0 Å². The molecule has 1 aliphatic heterocycles. The van der Waals surface area contributed by atoms with Crippen molar-refractivity contribution in [2.24, 2.45) is 0 Å². The lowest BCUT2D eigenvalue weighted by Gasteiger charge is -2.22. The van der Waals surface area contributed by atoms with E-state index in [0.29, 0.717) is 19.4 Å². The van der Waals surface area contributed by atoms with Crippen LogP contribution in [0.15, 0.2) is 0 Å². The normalized spacial score (nSPS) is 16.2. The molecule has 90 valence electrons. The van der Waals surface area contributed by atoms with E-state index >= 15 is 0 Å². The zero-order valence-electron chi connectivity index (χ0n) is 9.12. The third kappa shape index (κ3) is 4.32. The Balaban J connectivity index is 0. The molecule has 0 spiro atoms. The monoisotopic (exact) mass is 217 g/mol. The molecule has 0 aliphatic carbocycles. The third-order valence-corrected chi connectivity index (χ3v) is 2.16. The van der Waals surface area contributed by atoms with Crippen LogP contribution in [0.2, 0.25) is 0 Å². The van der Waals surface area contributed by atoms with E-state index in [9.17, 15) is 9.59 Å². The second-order valence-corrected chi connectivity index (χ2v) is 2.95. The van der Waals surface area contributed by atoms with Gasteiger partial charge in [-0.15, -0.1) is 0 Å². The number of hydrogen-bond acceptors (Lipinski definition) is 2. The van der Waals surface area contributed by atoms with Gasteiger partial charge in [0.1, 0.15) is 6.04 Å². The molecule has 4 nitrogen and oxygen atoms in total. The van der Waals surface area contributed by atoms with Crippen LogP contribution >= 0.6 is 0 Å². The molecule has 1 N–H and O–H groups in total. The quantitative estimate of drug-likeness (QED) is 0.788. The maximum atomic E-state index is 11.1. The lowest BCUT2D eigenvalue weighted by atomic mass is 10.2. The standard InChI is InChI=1S/C8H13NO3.C2H6.CH4/c1-2-6(8(11)12)9-5-3-4-7(9)10;1-2;/h6H,2-5H2,1H3,(H,11,12);1-2H3;1H4/t6-;;/m0../s1. The van der Waals surface area contributed by atoms with Gasteiger partial charge in [-0.2, -0.15) is 0 Å². The van der Waals surface area contributed by atoms with Crippen LogP contribution in [0.25, 0.3) is 0 Å². The summed E-state index contributed by atoms with van der Waals surface area (Å²) >= 11 is 0. The van der Waals surface area contributed by atoms with Gasteiger partial charge in [-0.1, -0.05) is 28.2 Å². The van der Waals surface area contributed by atoms with Crippen LogP contribution < -0.4 is 0 Å². The molecule has 1 heterocycles. The first-order chi connectivity index (χ1) is 6.66. The fraction of sp³-hybridized carbons (Fsp3) is 0.818. The highest BCUT2D eigenvalue weighted by molar-refractivity contribution is 5.84. The lowest BCUT2D eigenvalue weighted by Crippen LogP contribution is -2.41. The average molecular weight is 217 g/mol. The summed E-state index contributed by atoms with van der Waals surface area (Å²) in [5.74, 6) is -0.919. The maximum Gasteiger partial charge on any atom is 0.326 e. The third-order valence-electron chi connectivity index (χ3n) is 2.16. The van der Waals surface area contributed by atoms with Crippen molar-refractivity contribution < 1.29 is 14.7 Å². The predicted octanol–water partition coefficient (Wildman–Crippen LogP) is 2.13. The van der Waals surface area contributed by atoms with E-state index in [0.717, 1.165) is 6.42 Å². The molecule has 1 saturated heterocycles. The number of amides is 1. The number of carbonyl (C=O) groups is 2. The van der Waals surface area contributed by atoms with Crippen LogP contribution in [0.5, 0.6) is 0 Å². The Morgan fingerprint density at radius 3 is 2.33 bits per heavy atom. The number of rotatable bonds is 3. The van der Waals surface area contributed by atoms with E-state index in [1.54, 1.807) is 6.92 Å². The van der Waals surface area contributed by atoms with Crippen molar-refractivity contribution in [1.82, 2.24) is 4.90 Å². The summed E-state index contributed by atoms with van der Waals surface area (Å²) < 4.78 is 0. The fourth-order valence-electron chi connectivity index (χ4n) is 1.53. The van der Waals surface area contributed by atoms with Gasteiger partial charge in [0, 0.05) is 13.0 Å². The SMILES string of the molecule is C.CC.CC[C@@H](C(=O)O)N1CCCC1=O. The van der Waals surface area contributed by atoms with Crippen molar-refractivity contribution in [3.63, 3.8) is 0 Å². The first kappa shape index (κ1) is 16.4. The Kier molecular flexibility index (Phi) is 9.02. The van der Waals surface area contributed by atoms with E-state index in [1.165, 1.54) is 4.90 Å². The average Bonchev–Trinajstić information content (AvgIpc) is 2.57. The second kappa shape index (κ2) is 8.26. The van der Waals surface area contributed by atoms with Crippen LogP contribution in [0.1, 0.15) is 47.5 Å². The van der Waals surface area contributed by atoms with Gasteiger partial charge in [-0.3, -0.25) is 4.79 Å². The zero-order chi connectivity index (χ0) is 11.1. The molecule has 15 heavy (non-hydrogen) atoms. The Labute approximate surface area is 92.3 Å².